The van der Waals surface area contributed by atoms with Gasteiger partial charge in [-0.1, -0.05) is 72.9 Å². The van der Waals surface area contributed by atoms with Gasteiger partial charge in [-0.05, 0) is 93.2 Å². The van der Waals surface area contributed by atoms with E-state index in [1.165, 1.54) is 0 Å². The molecule has 0 bridgehead atoms. The number of rotatable bonds is 10. The SMILES string of the molecule is C=C(C)Cc1cc(Cc2cc(CC(=C)C)c(O)c(CC(=C)C)c2)cc(CC(=C)C)c1O. The largest absolute Gasteiger partial charge is 0.507 e. The van der Waals surface area contributed by atoms with Crippen molar-refractivity contribution in [1.82, 2.24) is 0 Å². The number of benzene rings is 2. The predicted molar refractivity (Wildman–Crippen MR) is 133 cm³/mol. The third kappa shape index (κ3) is 7.03. The maximum atomic E-state index is 10.8. The second kappa shape index (κ2) is 10.3. The minimum atomic E-state index is 0.339. The van der Waals surface area contributed by atoms with E-state index in [4.69, 9.17) is 0 Å². The van der Waals surface area contributed by atoms with E-state index in [1.807, 2.05) is 27.7 Å². The maximum absolute atomic E-state index is 10.8. The van der Waals surface area contributed by atoms with E-state index in [-0.39, 0.29) is 0 Å². The van der Waals surface area contributed by atoms with Gasteiger partial charge in [0.1, 0.15) is 11.5 Å². The smallest absolute Gasteiger partial charge is 0.122 e. The Kier molecular flexibility index (Phi) is 8.10. The van der Waals surface area contributed by atoms with Crippen LogP contribution in [0.2, 0.25) is 0 Å². The van der Waals surface area contributed by atoms with Gasteiger partial charge < -0.3 is 10.2 Å². The molecule has 31 heavy (non-hydrogen) atoms. The zero-order chi connectivity index (χ0) is 23.3. The number of aromatic hydroxyl groups is 2. The molecule has 0 aromatic heterocycles. The molecule has 2 aromatic rings. The summed E-state index contributed by atoms with van der Waals surface area (Å²) in [6, 6.07) is 8.26. The molecule has 0 saturated carbocycles. The van der Waals surface area contributed by atoms with E-state index in [1.54, 1.807) is 0 Å². The Bertz CT molecular complexity index is 879. The standard InChI is InChI=1S/C29H36O2/c1-18(2)9-24-14-22(15-25(28(24)30)10-19(3)4)13-23-16-26(11-20(5)6)29(31)27(17-23)12-21(7)8/h14-17,30-31H,1,3,5,7,9-13H2,2,4,6,8H3. The summed E-state index contributed by atoms with van der Waals surface area (Å²) in [4.78, 5) is 0. The fourth-order valence-corrected chi connectivity index (χ4v) is 3.94. The van der Waals surface area contributed by atoms with Gasteiger partial charge in [0.2, 0.25) is 0 Å². The minimum Gasteiger partial charge on any atom is -0.507 e. The summed E-state index contributed by atoms with van der Waals surface area (Å²) in [6.07, 6.45) is 3.26. The van der Waals surface area contributed by atoms with Gasteiger partial charge in [-0.2, -0.15) is 0 Å². The molecule has 0 fully saturated rings. The molecule has 0 unspecified atom stereocenters. The summed E-state index contributed by atoms with van der Waals surface area (Å²) in [6.45, 7) is 23.9. The summed E-state index contributed by atoms with van der Waals surface area (Å²) in [5.74, 6) is 0.679. The van der Waals surface area contributed by atoms with E-state index in [0.717, 1.165) is 55.7 Å². The molecular weight excluding hydrogens is 380 g/mol. The average Bonchev–Trinajstić information content (AvgIpc) is 2.61. The van der Waals surface area contributed by atoms with E-state index >= 15 is 0 Å². The van der Waals surface area contributed by atoms with Crippen LogP contribution >= 0.6 is 0 Å². The highest BCUT2D eigenvalue weighted by Gasteiger charge is 2.14. The molecule has 0 atom stereocenters. The van der Waals surface area contributed by atoms with E-state index in [0.29, 0.717) is 43.6 Å². The quantitative estimate of drug-likeness (QED) is 0.403. The first-order valence-electron chi connectivity index (χ1n) is 10.7. The lowest BCUT2D eigenvalue weighted by molar-refractivity contribution is 0.463. The lowest BCUT2D eigenvalue weighted by Gasteiger charge is -2.16. The number of phenols is 2. The van der Waals surface area contributed by atoms with Crippen LogP contribution in [-0.2, 0) is 32.1 Å². The van der Waals surface area contributed by atoms with Crippen molar-refractivity contribution in [1.29, 1.82) is 0 Å². The fourth-order valence-electron chi connectivity index (χ4n) is 3.94. The van der Waals surface area contributed by atoms with Crippen molar-refractivity contribution >= 4 is 0 Å². The van der Waals surface area contributed by atoms with Gasteiger partial charge in [-0.15, -0.1) is 0 Å². The third-order valence-electron chi connectivity index (χ3n) is 5.03. The molecule has 0 amide bonds. The normalized spacial score (nSPS) is 10.7. The zero-order valence-corrected chi connectivity index (χ0v) is 19.6. The number of phenolic OH excluding ortho intramolecular Hbond substituents is 2. The molecule has 0 aliphatic rings. The topological polar surface area (TPSA) is 40.5 Å². The molecule has 0 radical (unpaired) electrons. The van der Waals surface area contributed by atoms with Gasteiger partial charge >= 0.3 is 0 Å². The van der Waals surface area contributed by atoms with E-state index in [2.05, 4.69) is 50.6 Å². The van der Waals surface area contributed by atoms with Gasteiger partial charge in [0.25, 0.3) is 0 Å². The minimum absolute atomic E-state index is 0.339. The van der Waals surface area contributed by atoms with Crippen LogP contribution in [0, 0.1) is 0 Å². The highest BCUT2D eigenvalue weighted by molar-refractivity contribution is 5.50. The Labute approximate surface area is 188 Å². The molecule has 0 aliphatic carbocycles. The van der Waals surface area contributed by atoms with Crippen molar-refractivity contribution in [3.63, 3.8) is 0 Å². The Morgan fingerprint density at radius 3 is 0.968 bits per heavy atom. The third-order valence-corrected chi connectivity index (χ3v) is 5.03. The molecular formula is C29H36O2. The molecule has 2 N–H and O–H groups in total. The summed E-state index contributed by atoms with van der Waals surface area (Å²) in [5.41, 5.74) is 9.84. The van der Waals surface area contributed by atoms with Crippen molar-refractivity contribution in [2.75, 3.05) is 0 Å². The highest BCUT2D eigenvalue weighted by Crippen LogP contribution is 2.32. The van der Waals surface area contributed by atoms with Crippen LogP contribution in [0.1, 0.15) is 61.1 Å². The summed E-state index contributed by atoms with van der Waals surface area (Å²) in [7, 11) is 0. The summed E-state index contributed by atoms with van der Waals surface area (Å²) in [5, 5.41) is 21.5. The van der Waals surface area contributed by atoms with Gasteiger partial charge in [0, 0.05) is 0 Å². The predicted octanol–water partition coefficient (Wildman–Crippen LogP) is 7.16. The Morgan fingerprint density at radius 2 is 0.774 bits per heavy atom. The number of hydrogen-bond acceptors (Lipinski definition) is 2. The Morgan fingerprint density at radius 1 is 0.548 bits per heavy atom. The first kappa shape index (κ1) is 24.3. The highest BCUT2D eigenvalue weighted by atomic mass is 16.3. The average molecular weight is 417 g/mol. The summed E-state index contributed by atoms with van der Waals surface area (Å²) >= 11 is 0. The molecule has 2 heteroatoms. The molecule has 0 heterocycles. The molecule has 0 saturated heterocycles. The molecule has 0 spiro atoms. The van der Waals surface area contributed by atoms with Gasteiger partial charge in [0.05, 0.1) is 0 Å². The van der Waals surface area contributed by atoms with Crippen LogP contribution in [0.4, 0.5) is 0 Å². The molecule has 2 aromatic carbocycles. The molecule has 2 nitrogen and oxygen atoms in total. The number of hydrogen-bond donors (Lipinski definition) is 2. The second-order valence-corrected chi connectivity index (χ2v) is 9.24. The van der Waals surface area contributed by atoms with Crippen molar-refractivity contribution in [3.05, 3.63) is 106 Å². The summed E-state index contributed by atoms with van der Waals surface area (Å²) < 4.78 is 0. The second-order valence-electron chi connectivity index (χ2n) is 9.24. The van der Waals surface area contributed by atoms with Crippen molar-refractivity contribution in [2.24, 2.45) is 0 Å². The van der Waals surface area contributed by atoms with Crippen molar-refractivity contribution in [3.8, 4) is 11.5 Å². The van der Waals surface area contributed by atoms with Crippen LogP contribution < -0.4 is 0 Å². The van der Waals surface area contributed by atoms with Crippen LogP contribution in [-0.4, -0.2) is 10.2 Å². The first-order valence-corrected chi connectivity index (χ1v) is 10.7. The molecule has 2 rings (SSSR count). The zero-order valence-electron chi connectivity index (χ0n) is 19.6. The van der Waals surface area contributed by atoms with Crippen LogP contribution in [0.15, 0.2) is 72.9 Å². The van der Waals surface area contributed by atoms with Gasteiger partial charge in [-0.3, -0.25) is 0 Å². The van der Waals surface area contributed by atoms with Gasteiger partial charge in [-0.25, -0.2) is 0 Å². The monoisotopic (exact) mass is 416 g/mol. The molecule has 164 valence electrons. The Hall–Kier alpha value is -3.00. The van der Waals surface area contributed by atoms with Crippen molar-refractivity contribution < 1.29 is 10.2 Å². The van der Waals surface area contributed by atoms with E-state index < -0.39 is 0 Å². The fraction of sp³-hybridized carbons (Fsp3) is 0.310. The first-order chi connectivity index (χ1) is 14.5. The Balaban J connectivity index is 2.54. The lowest BCUT2D eigenvalue weighted by Crippen LogP contribution is -2.01. The van der Waals surface area contributed by atoms with Crippen LogP contribution in [0.25, 0.3) is 0 Å². The van der Waals surface area contributed by atoms with Crippen LogP contribution in [0.5, 0.6) is 11.5 Å². The lowest BCUT2D eigenvalue weighted by atomic mass is 9.91. The van der Waals surface area contributed by atoms with Gasteiger partial charge in [0.15, 0.2) is 0 Å². The van der Waals surface area contributed by atoms with Crippen LogP contribution in [0.3, 0.4) is 0 Å². The maximum Gasteiger partial charge on any atom is 0.122 e. The van der Waals surface area contributed by atoms with E-state index in [9.17, 15) is 10.2 Å². The molecule has 0 aliphatic heterocycles. The van der Waals surface area contributed by atoms with Crippen molar-refractivity contribution in [2.45, 2.75) is 59.8 Å². The number of allylic oxidation sites excluding steroid dienone is 4.